The third-order valence-electron chi connectivity index (χ3n) is 4.32. The molecule has 1 aliphatic rings. The Bertz CT molecular complexity index is 761. The van der Waals surface area contributed by atoms with Crippen molar-refractivity contribution in [2.24, 2.45) is 5.92 Å². The molecule has 0 aromatic carbocycles. The minimum absolute atomic E-state index is 0.0160. The van der Waals surface area contributed by atoms with E-state index in [4.69, 9.17) is 0 Å². The number of nitrogens with one attached hydrogen (secondary N) is 1. The number of ketones is 1. The molecule has 2 heterocycles. The molecule has 0 saturated heterocycles. The van der Waals surface area contributed by atoms with Gasteiger partial charge < -0.3 is 0 Å². The van der Waals surface area contributed by atoms with E-state index in [0.29, 0.717) is 15.7 Å². The first-order valence-electron chi connectivity index (χ1n) is 7.89. The zero-order chi connectivity index (χ0) is 16.6. The molecule has 1 atom stereocenters. The number of aromatic nitrogens is 1. The highest BCUT2D eigenvalue weighted by Crippen LogP contribution is 2.34. The summed E-state index contributed by atoms with van der Waals surface area (Å²) in [5.74, 6) is 0.603. The third kappa shape index (κ3) is 3.38. The summed E-state index contributed by atoms with van der Waals surface area (Å²) in [5.41, 5.74) is 2.01. The summed E-state index contributed by atoms with van der Waals surface area (Å²) >= 11 is 2.83. The van der Waals surface area contributed by atoms with Crippen LogP contribution in [0.1, 0.15) is 62.2 Å². The van der Waals surface area contributed by atoms with Gasteiger partial charge >= 0.3 is 0 Å². The van der Waals surface area contributed by atoms with Gasteiger partial charge in [0.25, 0.3) is 5.91 Å². The molecular weight excluding hydrogens is 328 g/mol. The van der Waals surface area contributed by atoms with E-state index in [1.807, 2.05) is 6.07 Å². The molecule has 122 valence electrons. The highest BCUT2D eigenvalue weighted by atomic mass is 32.1. The number of fused-ring (bicyclic) bond motifs is 1. The maximum absolute atomic E-state index is 12.5. The molecule has 0 unspecified atom stereocenters. The average Bonchev–Trinajstić information content (AvgIpc) is 3.09. The van der Waals surface area contributed by atoms with Gasteiger partial charge in [0, 0.05) is 11.8 Å². The number of carbonyl (C=O) groups excluding carboxylic acids is 2. The lowest BCUT2D eigenvalue weighted by Gasteiger charge is -2.19. The van der Waals surface area contributed by atoms with E-state index < -0.39 is 0 Å². The number of amides is 1. The van der Waals surface area contributed by atoms with E-state index in [2.05, 4.69) is 17.2 Å². The molecule has 0 spiro atoms. The standard InChI is InChI=1S/C17H20N2O2S2/c1-4-11-5-6-13-12(7-11)8-14(22-13)16(21)19-17-18-9(2)15(23-17)10(3)20/h8,11H,4-7H2,1-3H3,(H,18,19,21)/t11-/m0/s1. The highest BCUT2D eigenvalue weighted by Gasteiger charge is 2.22. The Balaban J connectivity index is 1.75. The molecule has 6 heteroatoms. The first kappa shape index (κ1) is 16.3. The van der Waals surface area contributed by atoms with Gasteiger partial charge in [-0.2, -0.15) is 0 Å². The van der Waals surface area contributed by atoms with Crippen molar-refractivity contribution in [2.45, 2.75) is 46.5 Å². The van der Waals surface area contributed by atoms with Crippen LogP contribution in [0, 0.1) is 12.8 Å². The van der Waals surface area contributed by atoms with Crippen LogP contribution in [-0.4, -0.2) is 16.7 Å². The van der Waals surface area contributed by atoms with Gasteiger partial charge in [0.1, 0.15) is 0 Å². The van der Waals surface area contributed by atoms with E-state index in [0.717, 1.165) is 23.6 Å². The van der Waals surface area contributed by atoms with Crippen LogP contribution in [0.4, 0.5) is 5.13 Å². The van der Waals surface area contributed by atoms with E-state index in [9.17, 15) is 9.59 Å². The van der Waals surface area contributed by atoms with Gasteiger partial charge in [-0.3, -0.25) is 14.9 Å². The van der Waals surface area contributed by atoms with Crippen molar-refractivity contribution >= 4 is 39.5 Å². The Morgan fingerprint density at radius 2 is 2.17 bits per heavy atom. The molecule has 0 saturated carbocycles. The van der Waals surface area contributed by atoms with Crippen LogP contribution >= 0.6 is 22.7 Å². The fourth-order valence-electron chi connectivity index (χ4n) is 2.99. The topological polar surface area (TPSA) is 59.1 Å². The van der Waals surface area contributed by atoms with Gasteiger partial charge in [-0.25, -0.2) is 4.98 Å². The molecule has 3 rings (SSSR count). The molecule has 1 aliphatic carbocycles. The Morgan fingerprint density at radius 3 is 2.83 bits per heavy atom. The summed E-state index contributed by atoms with van der Waals surface area (Å²) in [7, 11) is 0. The second-order valence-corrected chi connectivity index (χ2v) is 8.16. The largest absolute Gasteiger partial charge is 0.297 e. The molecule has 2 aromatic rings. The number of thiazole rings is 1. The first-order chi connectivity index (χ1) is 11.0. The van der Waals surface area contributed by atoms with E-state index in [1.165, 1.54) is 41.5 Å². The lowest BCUT2D eigenvalue weighted by Crippen LogP contribution is -2.11. The lowest BCUT2D eigenvalue weighted by molar-refractivity contribution is 0.101. The molecule has 2 aromatic heterocycles. The number of hydrogen-bond acceptors (Lipinski definition) is 5. The lowest BCUT2D eigenvalue weighted by atomic mass is 9.87. The zero-order valence-corrected chi connectivity index (χ0v) is 15.2. The Morgan fingerprint density at radius 1 is 1.39 bits per heavy atom. The maximum atomic E-state index is 12.5. The fraction of sp³-hybridized carbons (Fsp3) is 0.471. The molecule has 1 amide bonds. The molecular formula is C17H20N2O2S2. The summed E-state index contributed by atoms with van der Waals surface area (Å²) in [6.45, 7) is 5.54. The Labute approximate surface area is 144 Å². The van der Waals surface area contributed by atoms with Crippen LogP contribution in [0.25, 0.3) is 0 Å². The van der Waals surface area contributed by atoms with Gasteiger partial charge in [0.05, 0.1) is 15.4 Å². The summed E-state index contributed by atoms with van der Waals surface area (Å²) in [4.78, 5) is 30.9. The van der Waals surface area contributed by atoms with E-state index in [1.54, 1.807) is 18.3 Å². The normalized spacial score (nSPS) is 16.9. The second kappa shape index (κ2) is 6.53. The number of hydrogen-bond donors (Lipinski definition) is 1. The number of rotatable bonds is 4. The van der Waals surface area contributed by atoms with Gasteiger partial charge in [0.2, 0.25) is 0 Å². The summed E-state index contributed by atoms with van der Waals surface area (Å²) in [6.07, 6.45) is 4.58. The first-order valence-corrected chi connectivity index (χ1v) is 9.52. The van der Waals surface area contributed by atoms with Gasteiger partial charge in [0.15, 0.2) is 10.9 Å². The second-order valence-electron chi connectivity index (χ2n) is 6.02. The number of anilines is 1. The quantitative estimate of drug-likeness (QED) is 0.829. The highest BCUT2D eigenvalue weighted by molar-refractivity contribution is 7.18. The van der Waals surface area contributed by atoms with Gasteiger partial charge in [-0.15, -0.1) is 11.3 Å². The number of nitrogens with zero attached hydrogens (tertiary/aromatic N) is 1. The van der Waals surface area contributed by atoms with Crippen molar-refractivity contribution in [2.75, 3.05) is 5.32 Å². The van der Waals surface area contributed by atoms with Crippen molar-refractivity contribution in [1.29, 1.82) is 0 Å². The number of aryl methyl sites for hydroxylation is 2. The monoisotopic (exact) mass is 348 g/mol. The molecule has 23 heavy (non-hydrogen) atoms. The van der Waals surface area contributed by atoms with Crippen LogP contribution in [0.5, 0.6) is 0 Å². The van der Waals surface area contributed by atoms with Gasteiger partial charge in [-0.1, -0.05) is 24.7 Å². The molecule has 0 aliphatic heterocycles. The van der Waals surface area contributed by atoms with Gasteiger partial charge in [-0.05, 0) is 43.7 Å². The van der Waals surface area contributed by atoms with Crippen LogP contribution < -0.4 is 5.32 Å². The fourth-order valence-corrected chi connectivity index (χ4v) is 4.96. The molecule has 0 fully saturated rings. The molecule has 1 N–H and O–H groups in total. The SMILES string of the molecule is CC[C@H]1CCc2sc(C(=O)Nc3nc(C)c(C(C)=O)s3)cc2C1. The van der Waals surface area contributed by atoms with Crippen molar-refractivity contribution in [3.05, 3.63) is 32.0 Å². The van der Waals surface area contributed by atoms with Crippen LogP contribution in [-0.2, 0) is 12.8 Å². The predicted octanol–water partition coefficient (Wildman–Crippen LogP) is 4.48. The maximum Gasteiger partial charge on any atom is 0.267 e. The number of Topliss-reactive ketones (excluding diaryl/α,β-unsaturated/α-hetero) is 1. The average molecular weight is 348 g/mol. The summed E-state index contributed by atoms with van der Waals surface area (Å²) in [5, 5.41) is 3.33. The summed E-state index contributed by atoms with van der Waals surface area (Å²) < 4.78 is 0. The number of thiophene rings is 1. The van der Waals surface area contributed by atoms with E-state index in [-0.39, 0.29) is 11.7 Å². The van der Waals surface area contributed by atoms with Crippen molar-refractivity contribution in [1.82, 2.24) is 4.98 Å². The third-order valence-corrected chi connectivity index (χ3v) is 6.73. The molecule has 0 bridgehead atoms. The van der Waals surface area contributed by atoms with Crippen LogP contribution in [0.3, 0.4) is 0 Å². The molecule has 4 nitrogen and oxygen atoms in total. The van der Waals surface area contributed by atoms with Crippen molar-refractivity contribution in [3.63, 3.8) is 0 Å². The minimum atomic E-state index is -0.124. The van der Waals surface area contributed by atoms with E-state index >= 15 is 0 Å². The van der Waals surface area contributed by atoms with Crippen molar-refractivity contribution in [3.8, 4) is 0 Å². The zero-order valence-electron chi connectivity index (χ0n) is 13.6. The summed E-state index contributed by atoms with van der Waals surface area (Å²) in [6, 6.07) is 2.03. The minimum Gasteiger partial charge on any atom is -0.297 e. The van der Waals surface area contributed by atoms with Crippen LogP contribution in [0.15, 0.2) is 6.07 Å². The number of carbonyl (C=O) groups is 2. The molecule has 0 radical (unpaired) electrons. The smallest absolute Gasteiger partial charge is 0.267 e. The Hall–Kier alpha value is -1.53. The van der Waals surface area contributed by atoms with Crippen molar-refractivity contribution < 1.29 is 9.59 Å². The van der Waals surface area contributed by atoms with Crippen LogP contribution in [0.2, 0.25) is 0 Å². The predicted molar refractivity (Wildman–Crippen MR) is 94.9 cm³/mol. The Kier molecular flexibility index (Phi) is 4.64.